The van der Waals surface area contributed by atoms with Crippen LogP contribution in [-0.4, -0.2) is 54.9 Å². The fourth-order valence-corrected chi connectivity index (χ4v) is 11.4. The molecule has 0 saturated heterocycles. The maximum Gasteiger partial charge on any atom is 0.259 e. The third-order valence-corrected chi connectivity index (χ3v) is 15.1. The highest BCUT2D eigenvalue weighted by atomic mass is 31.2. The number of nitriles is 1. The van der Waals surface area contributed by atoms with E-state index in [1.54, 1.807) is 14.2 Å². The van der Waals surface area contributed by atoms with Crippen LogP contribution in [0.15, 0.2) is 164 Å². The normalized spacial score (nSPS) is 12.8. The molecule has 8 aromatic carbocycles. The van der Waals surface area contributed by atoms with Gasteiger partial charge in [-0.25, -0.2) is 4.67 Å². The second-order valence-corrected chi connectivity index (χ2v) is 19.3. The molecule has 0 bridgehead atoms. The van der Waals surface area contributed by atoms with Crippen molar-refractivity contribution in [1.29, 1.82) is 5.26 Å². The third kappa shape index (κ3) is 9.79. The van der Waals surface area contributed by atoms with Crippen molar-refractivity contribution in [3.05, 3.63) is 192 Å². The third-order valence-electron chi connectivity index (χ3n) is 12.9. The first kappa shape index (κ1) is 47.3. The predicted molar refractivity (Wildman–Crippen MR) is 281 cm³/mol. The van der Waals surface area contributed by atoms with Gasteiger partial charge in [0.1, 0.15) is 17.1 Å². The summed E-state index contributed by atoms with van der Waals surface area (Å²) in [4.78, 5) is 0. The maximum absolute atomic E-state index is 9.56. The smallest absolute Gasteiger partial charge is 0.259 e. The van der Waals surface area contributed by atoms with E-state index in [4.69, 9.17) is 23.3 Å². The number of methoxy groups -OCH3 is 2. The average Bonchev–Trinajstić information content (AvgIpc) is 3.74. The predicted octanol–water partition coefficient (Wildman–Crippen LogP) is 14.0. The zero-order valence-electron chi connectivity index (χ0n) is 40.2. The molecule has 0 saturated carbocycles. The van der Waals surface area contributed by atoms with Crippen molar-refractivity contribution in [2.75, 3.05) is 27.4 Å². The van der Waals surface area contributed by atoms with Crippen LogP contribution in [0.5, 0.6) is 11.5 Å². The quantitative estimate of drug-likeness (QED) is 0.0263. The van der Waals surface area contributed by atoms with Gasteiger partial charge in [0.05, 0.1) is 51.6 Å². The van der Waals surface area contributed by atoms with Gasteiger partial charge in [0.25, 0.3) is 8.53 Å². The molecule has 9 heteroatoms. The van der Waals surface area contributed by atoms with Crippen LogP contribution in [0.3, 0.4) is 0 Å². The zero-order valence-corrected chi connectivity index (χ0v) is 41.1. The Labute approximate surface area is 407 Å². The van der Waals surface area contributed by atoms with Crippen molar-refractivity contribution in [2.24, 2.45) is 0 Å². The summed E-state index contributed by atoms with van der Waals surface area (Å²) in [5.41, 5.74) is 4.81. The molecule has 0 radical (unpaired) electrons. The van der Waals surface area contributed by atoms with Gasteiger partial charge in [-0.05, 0) is 120 Å². The molecule has 8 nitrogen and oxygen atoms in total. The first-order valence-electron chi connectivity index (χ1n) is 23.7. The Kier molecular flexibility index (Phi) is 14.6. The Hall–Kier alpha value is -6.74. The van der Waals surface area contributed by atoms with E-state index in [9.17, 15) is 5.26 Å². The summed E-state index contributed by atoms with van der Waals surface area (Å²) in [7, 11) is 1.74. The largest absolute Gasteiger partial charge is 0.497 e. The highest BCUT2D eigenvalue weighted by molar-refractivity contribution is 7.44. The molecule has 9 rings (SSSR count). The standard InChI is InChI=1S/C60H58N3O5P/c1-42(2)63(43(3)4)69(67-39-13-37-61)68-54(41-66-60(49-16-8-7-9-17-49,50-27-31-52(64-5)32-28-50)51-29-33-53(65-6)34-30-51)36-38-62-40-48(55-18-10-11-19-57(55)62)25-21-44-20-22-47-24-23-45-14-12-15-46-26-35-56(44)59(47)58(45)46/h7-12,14-20,22-24,26-35,40,42-43,54H,13,36,38-39,41H2,1-6H3/t54-,69?/m0/s1. The maximum atomic E-state index is 9.56. The number of hydrogen-bond donors (Lipinski definition) is 0. The lowest BCUT2D eigenvalue weighted by Crippen LogP contribution is -2.38. The zero-order chi connectivity index (χ0) is 47.9. The summed E-state index contributed by atoms with van der Waals surface area (Å²) in [6.45, 7) is 9.70. The SMILES string of the molecule is COc1ccc(C(OC[C@H](CCn2cc(C#Cc3ccc4ccc5cccc6ccc3c4c56)c3ccccc32)OP(OCCC#N)N(C(C)C)C(C)C)(c2ccccc2)c2ccc(OC)cc2)cc1. The van der Waals surface area contributed by atoms with E-state index in [2.05, 4.69) is 176 Å². The molecule has 69 heavy (non-hydrogen) atoms. The van der Waals surface area contributed by atoms with Gasteiger partial charge in [0, 0.05) is 41.3 Å². The number of hydrogen-bond acceptors (Lipinski definition) is 7. The summed E-state index contributed by atoms with van der Waals surface area (Å²) in [5, 5.41) is 18.0. The van der Waals surface area contributed by atoms with Crippen molar-refractivity contribution >= 4 is 51.7 Å². The number of aromatic nitrogens is 1. The fourth-order valence-electron chi connectivity index (χ4n) is 9.67. The van der Waals surface area contributed by atoms with Crippen LogP contribution in [-0.2, 0) is 25.9 Å². The highest BCUT2D eigenvalue weighted by Crippen LogP contribution is 2.49. The number of aryl methyl sites for hydroxylation is 1. The first-order valence-corrected chi connectivity index (χ1v) is 24.9. The highest BCUT2D eigenvalue weighted by Gasteiger charge is 2.40. The fraction of sp³-hybridized carbons (Fsp3) is 0.250. The monoisotopic (exact) mass is 931 g/mol. The van der Waals surface area contributed by atoms with Gasteiger partial charge in [-0.3, -0.25) is 0 Å². The molecule has 1 aromatic heterocycles. The van der Waals surface area contributed by atoms with Crippen molar-refractivity contribution in [2.45, 2.75) is 70.9 Å². The molecule has 0 N–H and O–H groups in total. The van der Waals surface area contributed by atoms with Gasteiger partial charge in [-0.2, -0.15) is 5.26 Å². The molecule has 0 spiro atoms. The van der Waals surface area contributed by atoms with E-state index >= 15 is 0 Å². The first-order chi connectivity index (χ1) is 33.7. The lowest BCUT2D eigenvalue weighted by atomic mass is 9.80. The summed E-state index contributed by atoms with van der Waals surface area (Å²) in [5.74, 6) is 8.71. The van der Waals surface area contributed by atoms with Crippen LogP contribution in [0.2, 0.25) is 0 Å². The van der Waals surface area contributed by atoms with E-state index in [0.717, 1.165) is 55.6 Å². The van der Waals surface area contributed by atoms with E-state index in [1.807, 2.05) is 42.5 Å². The van der Waals surface area contributed by atoms with Gasteiger partial charge in [-0.1, -0.05) is 133 Å². The molecular weight excluding hydrogens is 874 g/mol. The molecular formula is C60H58N3O5P. The van der Waals surface area contributed by atoms with Gasteiger partial charge in [-0.15, -0.1) is 0 Å². The average molecular weight is 932 g/mol. The van der Waals surface area contributed by atoms with E-state index in [-0.39, 0.29) is 31.7 Å². The van der Waals surface area contributed by atoms with Crippen LogP contribution in [0, 0.1) is 23.2 Å². The molecule has 348 valence electrons. The van der Waals surface area contributed by atoms with Crippen LogP contribution in [0.1, 0.15) is 68.4 Å². The summed E-state index contributed by atoms with van der Waals surface area (Å²) in [6.07, 6.45) is 2.56. The topological polar surface area (TPSA) is 78.1 Å². The summed E-state index contributed by atoms with van der Waals surface area (Å²) in [6, 6.07) is 57.1. The van der Waals surface area contributed by atoms with E-state index in [0.29, 0.717) is 13.0 Å². The van der Waals surface area contributed by atoms with Gasteiger partial charge >= 0.3 is 0 Å². The Morgan fingerprint density at radius 2 is 1.19 bits per heavy atom. The summed E-state index contributed by atoms with van der Waals surface area (Å²) >= 11 is 0. The lowest BCUT2D eigenvalue weighted by Gasteiger charge is -2.39. The summed E-state index contributed by atoms with van der Waals surface area (Å²) < 4.78 is 37.1. The molecule has 1 unspecified atom stereocenters. The van der Waals surface area contributed by atoms with Crippen LogP contribution in [0.25, 0.3) is 43.2 Å². The molecule has 2 atom stereocenters. The number of fused-ring (bicyclic) bond motifs is 1. The van der Waals surface area contributed by atoms with Crippen molar-refractivity contribution < 1.29 is 23.3 Å². The Balaban J connectivity index is 1.10. The molecule has 0 aliphatic rings. The number of rotatable bonds is 19. The molecule has 9 aromatic rings. The van der Waals surface area contributed by atoms with Gasteiger partial charge < -0.3 is 27.8 Å². The van der Waals surface area contributed by atoms with E-state index < -0.39 is 20.2 Å². The molecule has 0 amide bonds. The van der Waals surface area contributed by atoms with Crippen molar-refractivity contribution in [3.63, 3.8) is 0 Å². The Bertz CT molecular complexity index is 3190. The second kappa shape index (κ2) is 21.3. The minimum absolute atomic E-state index is 0.115. The molecule has 0 aliphatic heterocycles. The van der Waals surface area contributed by atoms with Crippen molar-refractivity contribution in [1.82, 2.24) is 9.24 Å². The Morgan fingerprint density at radius 3 is 1.83 bits per heavy atom. The molecule has 0 fully saturated rings. The number of nitrogens with zero attached hydrogens (tertiary/aromatic N) is 3. The minimum atomic E-state index is -1.61. The minimum Gasteiger partial charge on any atom is -0.497 e. The Morgan fingerprint density at radius 1 is 0.609 bits per heavy atom. The van der Waals surface area contributed by atoms with E-state index in [1.165, 1.54) is 26.9 Å². The van der Waals surface area contributed by atoms with Crippen LogP contribution >= 0.6 is 8.53 Å². The van der Waals surface area contributed by atoms with Crippen molar-refractivity contribution in [3.8, 4) is 29.4 Å². The number of para-hydroxylation sites is 1. The van der Waals surface area contributed by atoms with Gasteiger partial charge in [0.2, 0.25) is 0 Å². The molecule has 0 aliphatic carbocycles. The van der Waals surface area contributed by atoms with Crippen LogP contribution in [0.4, 0.5) is 0 Å². The number of benzene rings is 8. The number of ether oxygens (including phenoxy) is 3. The second-order valence-electron chi connectivity index (χ2n) is 17.9. The molecule has 1 heterocycles. The van der Waals surface area contributed by atoms with Gasteiger partial charge in [0.15, 0.2) is 0 Å². The lowest BCUT2D eigenvalue weighted by molar-refractivity contribution is -0.0371. The van der Waals surface area contributed by atoms with Crippen LogP contribution < -0.4 is 9.47 Å².